The largest absolute Gasteiger partial charge is 0.493 e. The van der Waals surface area contributed by atoms with Gasteiger partial charge in [-0.2, -0.15) is 0 Å². The molecule has 1 heterocycles. The van der Waals surface area contributed by atoms with Gasteiger partial charge in [-0.3, -0.25) is 4.90 Å². The molecule has 1 fully saturated rings. The molecule has 0 unspecified atom stereocenters. The highest BCUT2D eigenvalue weighted by molar-refractivity contribution is 5.27. The van der Waals surface area contributed by atoms with Gasteiger partial charge in [0.15, 0.2) is 0 Å². The molecular weight excluding hydrogens is 284 g/mol. The normalized spacial score (nSPS) is 16.4. The highest BCUT2D eigenvalue weighted by Crippen LogP contribution is 2.16. The molecule has 0 spiro atoms. The molecule has 1 aliphatic rings. The van der Waals surface area contributed by atoms with Crippen LogP contribution in [0.4, 0.5) is 0 Å². The van der Waals surface area contributed by atoms with Crippen molar-refractivity contribution in [3.05, 3.63) is 65.7 Å². The molecule has 0 aliphatic carbocycles. The van der Waals surface area contributed by atoms with Crippen molar-refractivity contribution < 1.29 is 4.74 Å². The number of hydrogen-bond donors (Lipinski definition) is 1. The molecule has 0 atom stereocenters. The summed E-state index contributed by atoms with van der Waals surface area (Å²) in [5.74, 6) is 0.949. The van der Waals surface area contributed by atoms with Gasteiger partial charge in [-0.15, -0.1) is 0 Å². The number of hydrogen-bond acceptors (Lipinski definition) is 3. The van der Waals surface area contributed by atoms with Crippen molar-refractivity contribution in [2.24, 2.45) is 5.73 Å². The zero-order valence-corrected chi connectivity index (χ0v) is 13.7. The van der Waals surface area contributed by atoms with Gasteiger partial charge in [-0.1, -0.05) is 42.5 Å². The number of nitrogens with two attached hydrogens (primary N) is 1. The standard InChI is InChI=1S/C20H26N2O/c21-19-10-13-22(14-11-19)16-18-6-8-20(9-7-18)23-15-12-17-4-2-1-3-5-17/h1-9,19H,10-16,21H2. The van der Waals surface area contributed by atoms with Crippen LogP contribution in [0.25, 0.3) is 0 Å². The molecule has 0 saturated carbocycles. The summed E-state index contributed by atoms with van der Waals surface area (Å²) in [6, 6.07) is 19.3. The van der Waals surface area contributed by atoms with Crippen LogP contribution in [0.1, 0.15) is 24.0 Å². The van der Waals surface area contributed by atoms with Crippen molar-refractivity contribution in [1.82, 2.24) is 4.90 Å². The second kappa shape index (κ2) is 8.14. The Labute approximate surface area is 139 Å². The fourth-order valence-corrected chi connectivity index (χ4v) is 2.99. The summed E-state index contributed by atoms with van der Waals surface area (Å²) in [4.78, 5) is 2.48. The highest BCUT2D eigenvalue weighted by atomic mass is 16.5. The van der Waals surface area contributed by atoms with Crippen LogP contribution in [0, 0.1) is 0 Å². The van der Waals surface area contributed by atoms with E-state index in [0.29, 0.717) is 12.6 Å². The van der Waals surface area contributed by atoms with Crippen molar-refractivity contribution in [1.29, 1.82) is 0 Å². The molecular formula is C20H26N2O. The van der Waals surface area contributed by atoms with Crippen LogP contribution in [-0.4, -0.2) is 30.6 Å². The summed E-state index contributed by atoms with van der Waals surface area (Å²) in [5.41, 5.74) is 8.61. The number of likely N-dealkylation sites (tertiary alicyclic amines) is 1. The first-order valence-corrected chi connectivity index (χ1v) is 8.53. The van der Waals surface area contributed by atoms with E-state index in [-0.39, 0.29) is 0 Å². The molecule has 2 aromatic rings. The Morgan fingerprint density at radius 3 is 2.30 bits per heavy atom. The Kier molecular flexibility index (Phi) is 5.67. The molecule has 2 aromatic carbocycles. The maximum atomic E-state index is 5.96. The number of piperidine rings is 1. The van der Waals surface area contributed by atoms with E-state index in [2.05, 4.69) is 53.4 Å². The molecule has 0 aromatic heterocycles. The minimum atomic E-state index is 0.395. The lowest BCUT2D eigenvalue weighted by Crippen LogP contribution is -2.39. The Morgan fingerprint density at radius 2 is 1.61 bits per heavy atom. The predicted molar refractivity (Wildman–Crippen MR) is 94.6 cm³/mol. The SMILES string of the molecule is NC1CCN(Cc2ccc(OCCc3ccccc3)cc2)CC1. The lowest BCUT2D eigenvalue weighted by molar-refractivity contribution is 0.205. The van der Waals surface area contributed by atoms with E-state index >= 15 is 0 Å². The Hall–Kier alpha value is -1.84. The highest BCUT2D eigenvalue weighted by Gasteiger charge is 2.15. The minimum Gasteiger partial charge on any atom is -0.493 e. The Balaban J connectivity index is 1.43. The lowest BCUT2D eigenvalue weighted by atomic mass is 10.1. The van der Waals surface area contributed by atoms with Crippen LogP contribution >= 0.6 is 0 Å². The topological polar surface area (TPSA) is 38.5 Å². The lowest BCUT2D eigenvalue weighted by Gasteiger charge is -2.30. The van der Waals surface area contributed by atoms with E-state index in [4.69, 9.17) is 10.5 Å². The Bertz CT molecular complexity index is 574. The smallest absolute Gasteiger partial charge is 0.119 e. The number of rotatable bonds is 6. The van der Waals surface area contributed by atoms with Gasteiger partial charge in [-0.05, 0) is 49.2 Å². The van der Waals surface area contributed by atoms with Crippen molar-refractivity contribution in [2.45, 2.75) is 31.8 Å². The van der Waals surface area contributed by atoms with Crippen molar-refractivity contribution in [2.75, 3.05) is 19.7 Å². The van der Waals surface area contributed by atoms with Crippen LogP contribution < -0.4 is 10.5 Å². The van der Waals surface area contributed by atoms with E-state index in [1.165, 1.54) is 11.1 Å². The summed E-state index contributed by atoms with van der Waals surface area (Å²) in [5, 5.41) is 0. The van der Waals surface area contributed by atoms with Crippen LogP contribution in [0.2, 0.25) is 0 Å². The van der Waals surface area contributed by atoms with Crippen LogP contribution in [0.5, 0.6) is 5.75 Å². The van der Waals surface area contributed by atoms with Crippen molar-refractivity contribution in [3.8, 4) is 5.75 Å². The van der Waals surface area contributed by atoms with E-state index in [1.807, 2.05) is 6.07 Å². The van der Waals surface area contributed by atoms with Gasteiger partial charge in [0.1, 0.15) is 5.75 Å². The second-order valence-electron chi connectivity index (χ2n) is 6.34. The first-order valence-electron chi connectivity index (χ1n) is 8.53. The first-order chi connectivity index (χ1) is 11.3. The molecule has 3 nitrogen and oxygen atoms in total. The van der Waals surface area contributed by atoms with Crippen LogP contribution in [0.15, 0.2) is 54.6 Å². The zero-order chi connectivity index (χ0) is 15.9. The quantitative estimate of drug-likeness (QED) is 0.890. The van der Waals surface area contributed by atoms with Gasteiger partial charge in [0.2, 0.25) is 0 Å². The van der Waals surface area contributed by atoms with E-state index in [9.17, 15) is 0 Å². The van der Waals surface area contributed by atoms with Crippen LogP contribution in [-0.2, 0) is 13.0 Å². The van der Waals surface area contributed by atoms with Crippen molar-refractivity contribution in [3.63, 3.8) is 0 Å². The molecule has 0 bridgehead atoms. The molecule has 23 heavy (non-hydrogen) atoms. The third-order valence-corrected chi connectivity index (χ3v) is 4.46. The third kappa shape index (κ3) is 5.08. The van der Waals surface area contributed by atoms with Gasteiger partial charge >= 0.3 is 0 Å². The van der Waals surface area contributed by atoms with Gasteiger partial charge in [0, 0.05) is 19.0 Å². The third-order valence-electron chi connectivity index (χ3n) is 4.46. The fraction of sp³-hybridized carbons (Fsp3) is 0.400. The Morgan fingerprint density at radius 1 is 0.913 bits per heavy atom. The summed E-state index contributed by atoms with van der Waals surface area (Å²) in [6.45, 7) is 3.94. The molecule has 0 radical (unpaired) electrons. The first kappa shape index (κ1) is 16.0. The summed E-state index contributed by atoms with van der Waals surface area (Å²) < 4.78 is 5.84. The molecule has 1 aliphatic heterocycles. The second-order valence-corrected chi connectivity index (χ2v) is 6.34. The number of benzene rings is 2. The number of ether oxygens (including phenoxy) is 1. The molecule has 3 heteroatoms. The minimum absolute atomic E-state index is 0.395. The average molecular weight is 310 g/mol. The van der Waals surface area contributed by atoms with E-state index < -0.39 is 0 Å². The monoisotopic (exact) mass is 310 g/mol. The summed E-state index contributed by atoms with van der Waals surface area (Å²) in [7, 11) is 0. The van der Waals surface area contributed by atoms with Gasteiger partial charge in [-0.25, -0.2) is 0 Å². The van der Waals surface area contributed by atoms with E-state index in [1.54, 1.807) is 0 Å². The number of nitrogens with zero attached hydrogens (tertiary/aromatic N) is 1. The molecule has 2 N–H and O–H groups in total. The average Bonchev–Trinajstić information content (AvgIpc) is 2.59. The maximum Gasteiger partial charge on any atom is 0.119 e. The maximum absolute atomic E-state index is 5.96. The van der Waals surface area contributed by atoms with E-state index in [0.717, 1.165) is 44.6 Å². The van der Waals surface area contributed by atoms with Gasteiger partial charge in [0.05, 0.1) is 6.61 Å². The molecule has 3 rings (SSSR count). The van der Waals surface area contributed by atoms with Crippen molar-refractivity contribution >= 4 is 0 Å². The van der Waals surface area contributed by atoms with Gasteiger partial charge < -0.3 is 10.5 Å². The summed E-state index contributed by atoms with van der Waals surface area (Å²) in [6.07, 6.45) is 3.16. The van der Waals surface area contributed by atoms with Gasteiger partial charge in [0.25, 0.3) is 0 Å². The molecule has 1 saturated heterocycles. The van der Waals surface area contributed by atoms with Crippen LogP contribution in [0.3, 0.4) is 0 Å². The molecule has 0 amide bonds. The summed E-state index contributed by atoms with van der Waals surface area (Å²) >= 11 is 0. The zero-order valence-electron chi connectivity index (χ0n) is 13.7. The predicted octanol–water partition coefficient (Wildman–Crippen LogP) is 3.23. The molecule has 122 valence electrons. The fourth-order valence-electron chi connectivity index (χ4n) is 2.99.